The molecular formula is C13H25NO. The van der Waals surface area contributed by atoms with Gasteiger partial charge in [0.25, 0.3) is 0 Å². The van der Waals surface area contributed by atoms with Crippen LogP contribution in [0.3, 0.4) is 0 Å². The number of carbonyl (C=O) groups is 1. The van der Waals surface area contributed by atoms with E-state index in [0.717, 1.165) is 13.0 Å². The maximum Gasteiger partial charge on any atom is 0.155 e. The highest BCUT2D eigenvalue weighted by Gasteiger charge is 2.38. The van der Waals surface area contributed by atoms with Crippen molar-refractivity contribution in [3.63, 3.8) is 0 Å². The van der Waals surface area contributed by atoms with Crippen LogP contribution in [-0.2, 0) is 4.79 Å². The van der Waals surface area contributed by atoms with Gasteiger partial charge < -0.3 is 5.32 Å². The zero-order chi connectivity index (χ0) is 11.9. The summed E-state index contributed by atoms with van der Waals surface area (Å²) in [4.78, 5) is 12.1. The third-order valence-corrected chi connectivity index (χ3v) is 3.41. The normalized spacial score (nSPS) is 28.1. The highest BCUT2D eigenvalue weighted by Crippen LogP contribution is 2.34. The molecule has 2 nitrogen and oxygen atoms in total. The lowest BCUT2D eigenvalue weighted by molar-refractivity contribution is -0.128. The smallest absolute Gasteiger partial charge is 0.155 e. The van der Waals surface area contributed by atoms with Crippen molar-refractivity contribution < 1.29 is 4.79 Å². The van der Waals surface area contributed by atoms with Gasteiger partial charge in [-0.15, -0.1) is 0 Å². The Morgan fingerprint density at radius 1 is 1.13 bits per heavy atom. The minimum absolute atomic E-state index is 0.0780. The molecule has 1 rings (SSSR count). The standard InChI is InChI=1S/C13H25NO/c1-12(2,3)9-7-10(14-8-9)11(15)13(4,5)6/h9-10,14H,7-8H2,1-6H3. The van der Waals surface area contributed by atoms with Crippen molar-refractivity contribution in [2.24, 2.45) is 16.7 Å². The zero-order valence-corrected chi connectivity index (χ0v) is 11.0. The van der Waals surface area contributed by atoms with Crippen molar-refractivity contribution in [2.45, 2.75) is 54.0 Å². The van der Waals surface area contributed by atoms with Crippen molar-refractivity contribution in [2.75, 3.05) is 6.54 Å². The molecule has 1 N–H and O–H groups in total. The molecule has 0 aliphatic carbocycles. The molecule has 1 aliphatic heterocycles. The SMILES string of the molecule is CC(C)(C)C(=O)C1CC(C(C)(C)C)CN1. The van der Waals surface area contributed by atoms with E-state index < -0.39 is 0 Å². The summed E-state index contributed by atoms with van der Waals surface area (Å²) in [6, 6.07) is 0.0780. The first-order valence-corrected chi connectivity index (χ1v) is 5.90. The van der Waals surface area contributed by atoms with Crippen LogP contribution < -0.4 is 5.32 Å². The van der Waals surface area contributed by atoms with Gasteiger partial charge in [0.2, 0.25) is 0 Å². The minimum atomic E-state index is -0.218. The third-order valence-electron chi connectivity index (χ3n) is 3.41. The van der Waals surface area contributed by atoms with E-state index in [0.29, 0.717) is 17.1 Å². The zero-order valence-electron chi connectivity index (χ0n) is 11.0. The van der Waals surface area contributed by atoms with Crippen LogP contribution in [0.2, 0.25) is 0 Å². The summed E-state index contributed by atoms with van der Waals surface area (Å²) in [5, 5.41) is 3.37. The summed E-state index contributed by atoms with van der Waals surface area (Å²) < 4.78 is 0. The summed E-state index contributed by atoms with van der Waals surface area (Å²) in [5.41, 5.74) is 0.0877. The molecule has 1 heterocycles. The fourth-order valence-electron chi connectivity index (χ4n) is 2.12. The van der Waals surface area contributed by atoms with Gasteiger partial charge >= 0.3 is 0 Å². The van der Waals surface area contributed by atoms with E-state index in [-0.39, 0.29) is 11.5 Å². The fraction of sp³-hybridized carbons (Fsp3) is 0.923. The van der Waals surface area contributed by atoms with Crippen molar-refractivity contribution in [1.82, 2.24) is 5.32 Å². The fourth-order valence-corrected chi connectivity index (χ4v) is 2.12. The Morgan fingerprint density at radius 2 is 1.67 bits per heavy atom. The van der Waals surface area contributed by atoms with Crippen molar-refractivity contribution in [3.8, 4) is 0 Å². The van der Waals surface area contributed by atoms with E-state index in [1.807, 2.05) is 20.8 Å². The van der Waals surface area contributed by atoms with Gasteiger partial charge in [0.05, 0.1) is 6.04 Å². The molecule has 0 aromatic heterocycles. The highest BCUT2D eigenvalue weighted by molar-refractivity contribution is 5.89. The van der Waals surface area contributed by atoms with Crippen LogP contribution in [0.5, 0.6) is 0 Å². The van der Waals surface area contributed by atoms with Gasteiger partial charge in [-0.05, 0) is 24.3 Å². The van der Waals surface area contributed by atoms with Gasteiger partial charge in [-0.1, -0.05) is 41.5 Å². The summed E-state index contributed by atoms with van der Waals surface area (Å²) in [5.74, 6) is 0.975. The predicted octanol–water partition coefficient (Wildman–Crippen LogP) is 2.63. The van der Waals surface area contributed by atoms with E-state index in [1.54, 1.807) is 0 Å². The minimum Gasteiger partial charge on any atom is -0.307 e. The number of rotatable bonds is 1. The van der Waals surface area contributed by atoms with Crippen LogP contribution in [0.4, 0.5) is 0 Å². The molecule has 0 aromatic rings. The molecule has 88 valence electrons. The molecule has 2 unspecified atom stereocenters. The largest absolute Gasteiger partial charge is 0.307 e. The molecule has 15 heavy (non-hydrogen) atoms. The molecule has 1 aliphatic rings. The van der Waals surface area contributed by atoms with Gasteiger partial charge in [-0.2, -0.15) is 0 Å². The van der Waals surface area contributed by atoms with Crippen LogP contribution >= 0.6 is 0 Å². The van der Waals surface area contributed by atoms with Crippen molar-refractivity contribution in [1.29, 1.82) is 0 Å². The maximum atomic E-state index is 12.1. The summed E-state index contributed by atoms with van der Waals surface area (Å²) in [7, 11) is 0. The topological polar surface area (TPSA) is 29.1 Å². The average Bonchev–Trinajstić information content (AvgIpc) is 2.47. The first kappa shape index (κ1) is 12.7. The number of carbonyl (C=O) groups excluding carboxylic acids is 1. The molecule has 0 bridgehead atoms. The van der Waals surface area contributed by atoms with E-state index in [1.165, 1.54) is 0 Å². The Bertz CT molecular complexity index is 244. The monoisotopic (exact) mass is 211 g/mol. The molecule has 2 heteroatoms. The van der Waals surface area contributed by atoms with Crippen molar-refractivity contribution >= 4 is 5.78 Å². The maximum absolute atomic E-state index is 12.1. The lowest BCUT2D eigenvalue weighted by atomic mass is 9.77. The summed E-state index contributed by atoms with van der Waals surface area (Å²) >= 11 is 0. The number of hydrogen-bond donors (Lipinski definition) is 1. The highest BCUT2D eigenvalue weighted by atomic mass is 16.1. The quantitative estimate of drug-likeness (QED) is 0.722. The molecule has 0 saturated carbocycles. The molecule has 0 aromatic carbocycles. The summed E-state index contributed by atoms with van der Waals surface area (Å²) in [6.07, 6.45) is 1.000. The van der Waals surface area contributed by atoms with Crippen LogP contribution in [-0.4, -0.2) is 18.4 Å². The summed E-state index contributed by atoms with van der Waals surface area (Å²) in [6.45, 7) is 13.7. The molecule has 0 amide bonds. The van der Waals surface area contributed by atoms with Gasteiger partial charge in [0, 0.05) is 5.41 Å². The second-order valence-corrected chi connectivity index (χ2v) is 6.87. The lowest BCUT2D eigenvalue weighted by Gasteiger charge is -2.26. The van der Waals surface area contributed by atoms with Gasteiger partial charge in [-0.3, -0.25) is 4.79 Å². The predicted molar refractivity (Wildman–Crippen MR) is 63.8 cm³/mol. The van der Waals surface area contributed by atoms with E-state index in [9.17, 15) is 4.79 Å². The van der Waals surface area contributed by atoms with Crippen molar-refractivity contribution in [3.05, 3.63) is 0 Å². The Morgan fingerprint density at radius 3 is 2.00 bits per heavy atom. The van der Waals surface area contributed by atoms with Crippen LogP contribution in [0.15, 0.2) is 0 Å². The average molecular weight is 211 g/mol. The number of ketones is 1. The van der Waals surface area contributed by atoms with Gasteiger partial charge in [0.15, 0.2) is 5.78 Å². The van der Waals surface area contributed by atoms with E-state index >= 15 is 0 Å². The molecular weight excluding hydrogens is 186 g/mol. The Kier molecular flexibility index (Phi) is 3.30. The molecule has 1 saturated heterocycles. The molecule has 1 fully saturated rings. The van der Waals surface area contributed by atoms with Crippen LogP contribution in [0, 0.1) is 16.7 Å². The Hall–Kier alpha value is -0.370. The Labute approximate surface area is 93.8 Å². The molecule has 0 spiro atoms. The second-order valence-electron chi connectivity index (χ2n) is 6.87. The van der Waals surface area contributed by atoms with Crippen LogP contribution in [0.1, 0.15) is 48.0 Å². The number of Topliss-reactive ketones (excluding diaryl/α,β-unsaturated/α-hetero) is 1. The number of hydrogen-bond acceptors (Lipinski definition) is 2. The lowest BCUT2D eigenvalue weighted by Crippen LogP contribution is -2.38. The first-order chi connectivity index (χ1) is 6.62. The van der Waals surface area contributed by atoms with Gasteiger partial charge in [0.1, 0.15) is 0 Å². The number of nitrogens with one attached hydrogen (secondary N) is 1. The Balaban J connectivity index is 2.62. The van der Waals surface area contributed by atoms with Gasteiger partial charge in [-0.25, -0.2) is 0 Å². The molecule has 2 atom stereocenters. The second kappa shape index (κ2) is 3.89. The van der Waals surface area contributed by atoms with E-state index in [4.69, 9.17) is 0 Å². The third kappa shape index (κ3) is 3.04. The first-order valence-electron chi connectivity index (χ1n) is 5.90. The van der Waals surface area contributed by atoms with E-state index in [2.05, 4.69) is 26.1 Å². The van der Waals surface area contributed by atoms with Crippen LogP contribution in [0.25, 0.3) is 0 Å². The molecule has 0 radical (unpaired) electrons.